The summed E-state index contributed by atoms with van der Waals surface area (Å²) in [6.45, 7) is 2.10. The van der Waals surface area contributed by atoms with Crippen LogP contribution in [0.1, 0.15) is 36.7 Å². The molecule has 3 N–H and O–H groups in total. The molecule has 0 aliphatic carbocycles. The standard InChI is InChI=1S/C20H20N2O3.CH4/c1-3-5-18(20(24)22-25)21-19(23)17-12-10-16(11-13-17)15-8-6-14(4-2)7-9-15;/h1,6-13,18,25H,4-5H2,2H3,(H,21,23)(H,22,24);1H4/t18-;/m0./s1. The summed E-state index contributed by atoms with van der Waals surface area (Å²) in [4.78, 5) is 23.7. The molecule has 0 saturated heterocycles. The van der Waals surface area contributed by atoms with E-state index in [1.165, 1.54) is 11.0 Å². The molecule has 0 spiro atoms. The van der Waals surface area contributed by atoms with Gasteiger partial charge in [-0.25, -0.2) is 5.48 Å². The lowest BCUT2D eigenvalue weighted by Crippen LogP contribution is -2.45. The second-order valence-corrected chi connectivity index (χ2v) is 5.54. The van der Waals surface area contributed by atoms with Crippen LogP contribution < -0.4 is 10.8 Å². The minimum atomic E-state index is -0.983. The molecule has 2 amide bonds. The molecular formula is C21H24N2O3. The van der Waals surface area contributed by atoms with Gasteiger partial charge in [-0.15, -0.1) is 12.3 Å². The van der Waals surface area contributed by atoms with E-state index in [1.807, 2.05) is 24.3 Å². The van der Waals surface area contributed by atoms with E-state index in [9.17, 15) is 9.59 Å². The number of hydrogen-bond donors (Lipinski definition) is 3. The zero-order valence-corrected chi connectivity index (χ0v) is 14.0. The van der Waals surface area contributed by atoms with Gasteiger partial charge in [0.25, 0.3) is 11.8 Å². The van der Waals surface area contributed by atoms with Gasteiger partial charge in [0.2, 0.25) is 0 Å². The van der Waals surface area contributed by atoms with E-state index >= 15 is 0 Å². The molecule has 0 bridgehead atoms. The van der Waals surface area contributed by atoms with Crippen molar-refractivity contribution < 1.29 is 14.8 Å². The minimum Gasteiger partial charge on any atom is -0.339 e. The molecule has 0 heterocycles. The number of amides is 2. The van der Waals surface area contributed by atoms with Crippen LogP contribution in [0.15, 0.2) is 48.5 Å². The second-order valence-electron chi connectivity index (χ2n) is 5.54. The first kappa shape index (κ1) is 20.9. The maximum atomic E-state index is 12.2. The quantitative estimate of drug-likeness (QED) is 0.424. The molecule has 0 saturated carbocycles. The average Bonchev–Trinajstić information content (AvgIpc) is 2.67. The maximum absolute atomic E-state index is 12.2. The van der Waals surface area contributed by atoms with Crippen LogP contribution in [0.2, 0.25) is 0 Å². The van der Waals surface area contributed by atoms with Gasteiger partial charge in [-0.2, -0.15) is 0 Å². The number of aryl methyl sites for hydroxylation is 1. The summed E-state index contributed by atoms with van der Waals surface area (Å²) in [5, 5.41) is 11.2. The molecule has 0 aromatic heterocycles. The number of nitrogens with one attached hydrogen (secondary N) is 2. The summed E-state index contributed by atoms with van der Waals surface area (Å²) in [5.74, 6) is 1.11. The third kappa shape index (κ3) is 5.20. The van der Waals surface area contributed by atoms with Gasteiger partial charge in [-0.1, -0.05) is 50.7 Å². The maximum Gasteiger partial charge on any atom is 0.266 e. The molecule has 2 rings (SSSR count). The van der Waals surface area contributed by atoms with Gasteiger partial charge >= 0.3 is 0 Å². The van der Waals surface area contributed by atoms with E-state index in [2.05, 4.69) is 30.3 Å². The molecule has 26 heavy (non-hydrogen) atoms. The van der Waals surface area contributed by atoms with Crippen LogP contribution in [0.3, 0.4) is 0 Å². The number of terminal acetylenes is 1. The van der Waals surface area contributed by atoms with E-state index < -0.39 is 17.9 Å². The molecule has 5 heteroatoms. The SMILES string of the molecule is C.C#CC[C@H](NC(=O)c1ccc(-c2ccc(CC)cc2)cc1)C(=O)NO. The topological polar surface area (TPSA) is 78.4 Å². The lowest BCUT2D eigenvalue weighted by atomic mass is 10.0. The molecule has 1 atom stereocenters. The van der Waals surface area contributed by atoms with E-state index in [0.29, 0.717) is 5.56 Å². The molecule has 2 aromatic rings. The third-order valence-electron chi connectivity index (χ3n) is 3.90. The number of carbonyl (C=O) groups excluding carboxylic acids is 2. The Labute approximate surface area is 154 Å². The molecule has 0 aliphatic rings. The van der Waals surface area contributed by atoms with Crippen molar-refractivity contribution in [1.29, 1.82) is 0 Å². The third-order valence-corrected chi connectivity index (χ3v) is 3.90. The largest absolute Gasteiger partial charge is 0.339 e. The summed E-state index contributed by atoms with van der Waals surface area (Å²) in [7, 11) is 0. The van der Waals surface area contributed by atoms with Gasteiger partial charge in [0.1, 0.15) is 6.04 Å². The van der Waals surface area contributed by atoms with Crippen molar-refractivity contribution in [2.24, 2.45) is 0 Å². The highest BCUT2D eigenvalue weighted by molar-refractivity contribution is 5.97. The van der Waals surface area contributed by atoms with E-state index in [0.717, 1.165) is 17.5 Å². The zero-order valence-electron chi connectivity index (χ0n) is 14.0. The van der Waals surface area contributed by atoms with Gasteiger partial charge in [-0.3, -0.25) is 14.8 Å². The molecule has 5 nitrogen and oxygen atoms in total. The molecule has 2 aromatic carbocycles. The van der Waals surface area contributed by atoms with Crippen LogP contribution in [0.4, 0.5) is 0 Å². The number of hydrogen-bond acceptors (Lipinski definition) is 3. The predicted molar refractivity (Wildman–Crippen MR) is 103 cm³/mol. The van der Waals surface area contributed by atoms with Crippen molar-refractivity contribution in [3.8, 4) is 23.5 Å². The first-order valence-corrected chi connectivity index (χ1v) is 7.96. The number of hydroxylamine groups is 1. The fraction of sp³-hybridized carbons (Fsp3) is 0.238. The Morgan fingerprint density at radius 1 is 1.08 bits per heavy atom. The first-order valence-electron chi connectivity index (χ1n) is 7.96. The Hall–Kier alpha value is -3.10. The van der Waals surface area contributed by atoms with Crippen LogP contribution in [-0.2, 0) is 11.2 Å². The molecular weight excluding hydrogens is 328 g/mol. The Balaban J connectivity index is 0.00000338. The minimum absolute atomic E-state index is 0. The Morgan fingerprint density at radius 3 is 2.08 bits per heavy atom. The van der Waals surface area contributed by atoms with E-state index in [4.69, 9.17) is 11.6 Å². The van der Waals surface area contributed by atoms with Crippen molar-refractivity contribution >= 4 is 11.8 Å². The number of carbonyl (C=O) groups is 2. The summed E-state index contributed by atoms with van der Waals surface area (Å²) in [6.07, 6.45) is 6.15. The van der Waals surface area contributed by atoms with Crippen LogP contribution in [-0.4, -0.2) is 23.1 Å². The van der Waals surface area contributed by atoms with Crippen LogP contribution in [0.25, 0.3) is 11.1 Å². The number of rotatable bonds is 6. The molecule has 0 aliphatic heterocycles. The monoisotopic (exact) mass is 352 g/mol. The van der Waals surface area contributed by atoms with Gasteiger partial charge in [0.15, 0.2) is 0 Å². The normalized spacial score (nSPS) is 10.8. The highest BCUT2D eigenvalue weighted by atomic mass is 16.5. The summed E-state index contributed by atoms with van der Waals surface area (Å²) < 4.78 is 0. The van der Waals surface area contributed by atoms with Gasteiger partial charge in [0, 0.05) is 12.0 Å². The van der Waals surface area contributed by atoms with Gasteiger partial charge in [-0.05, 0) is 35.2 Å². The summed E-state index contributed by atoms with van der Waals surface area (Å²) in [6, 6.07) is 14.3. The van der Waals surface area contributed by atoms with Crippen LogP contribution in [0, 0.1) is 12.3 Å². The average molecular weight is 352 g/mol. The van der Waals surface area contributed by atoms with Crippen LogP contribution in [0.5, 0.6) is 0 Å². The van der Waals surface area contributed by atoms with Crippen molar-refractivity contribution in [3.05, 3.63) is 59.7 Å². The lowest BCUT2D eigenvalue weighted by Gasteiger charge is -2.14. The Morgan fingerprint density at radius 2 is 1.62 bits per heavy atom. The summed E-state index contributed by atoms with van der Waals surface area (Å²) in [5.41, 5.74) is 5.22. The predicted octanol–water partition coefficient (Wildman–Crippen LogP) is 3.18. The highest BCUT2D eigenvalue weighted by Gasteiger charge is 2.20. The van der Waals surface area contributed by atoms with Crippen molar-refractivity contribution in [1.82, 2.24) is 10.8 Å². The molecule has 0 fully saturated rings. The number of benzene rings is 2. The van der Waals surface area contributed by atoms with Gasteiger partial charge < -0.3 is 5.32 Å². The van der Waals surface area contributed by atoms with E-state index in [1.54, 1.807) is 12.1 Å². The van der Waals surface area contributed by atoms with Crippen molar-refractivity contribution in [2.75, 3.05) is 0 Å². The second kappa shape index (κ2) is 10.0. The fourth-order valence-electron chi connectivity index (χ4n) is 2.39. The Bertz CT molecular complexity index is 774. The Kier molecular flexibility index (Phi) is 8.07. The van der Waals surface area contributed by atoms with Crippen molar-refractivity contribution in [2.45, 2.75) is 33.2 Å². The van der Waals surface area contributed by atoms with E-state index in [-0.39, 0.29) is 13.8 Å². The highest BCUT2D eigenvalue weighted by Crippen LogP contribution is 2.20. The van der Waals surface area contributed by atoms with Gasteiger partial charge in [0.05, 0.1) is 0 Å². The lowest BCUT2D eigenvalue weighted by molar-refractivity contribution is -0.131. The van der Waals surface area contributed by atoms with Crippen LogP contribution >= 0.6 is 0 Å². The molecule has 0 radical (unpaired) electrons. The zero-order chi connectivity index (χ0) is 18.2. The fourth-order valence-corrected chi connectivity index (χ4v) is 2.39. The molecule has 0 unspecified atom stereocenters. The smallest absolute Gasteiger partial charge is 0.266 e. The molecule has 136 valence electrons. The van der Waals surface area contributed by atoms with Crippen molar-refractivity contribution in [3.63, 3.8) is 0 Å². The summed E-state index contributed by atoms with van der Waals surface area (Å²) >= 11 is 0. The first-order chi connectivity index (χ1) is 12.1.